The largest absolute Gasteiger partial charge is 0.454 e. The van der Waals surface area contributed by atoms with E-state index in [-0.39, 0.29) is 12.7 Å². The van der Waals surface area contributed by atoms with Crippen molar-refractivity contribution in [3.63, 3.8) is 0 Å². The third-order valence-electron chi connectivity index (χ3n) is 4.01. The molecule has 0 aromatic heterocycles. The molecule has 1 amide bonds. The van der Waals surface area contributed by atoms with Crippen molar-refractivity contribution in [3.8, 4) is 11.5 Å². The minimum absolute atomic E-state index is 0.242. The first-order valence-corrected chi connectivity index (χ1v) is 7.64. The molecule has 2 bridgehead atoms. The Bertz CT molecular complexity index is 533. The van der Waals surface area contributed by atoms with Gasteiger partial charge < -0.3 is 14.4 Å². The summed E-state index contributed by atoms with van der Waals surface area (Å²) >= 11 is 2.01. The van der Waals surface area contributed by atoms with E-state index in [9.17, 15) is 4.79 Å². The summed E-state index contributed by atoms with van der Waals surface area (Å²) in [6, 6.07) is 6.23. The van der Waals surface area contributed by atoms with Gasteiger partial charge in [0.1, 0.15) is 0 Å². The lowest BCUT2D eigenvalue weighted by molar-refractivity contribution is -0.130. The van der Waals surface area contributed by atoms with Crippen molar-refractivity contribution in [1.82, 2.24) is 4.90 Å². The van der Waals surface area contributed by atoms with Crippen molar-refractivity contribution in [3.05, 3.63) is 23.8 Å². The molecule has 0 saturated carbocycles. The average molecular weight is 277 g/mol. The van der Waals surface area contributed by atoms with Crippen LogP contribution in [0, 0.1) is 0 Å². The van der Waals surface area contributed by atoms with Gasteiger partial charge in [0.05, 0.1) is 6.42 Å². The summed E-state index contributed by atoms with van der Waals surface area (Å²) in [6.07, 6.45) is 1.64. The molecule has 0 aliphatic carbocycles. The maximum absolute atomic E-state index is 12.3. The molecule has 0 spiro atoms. The number of nitrogens with zero attached hydrogens (tertiary/aromatic N) is 1. The third-order valence-corrected chi connectivity index (χ3v) is 5.40. The Hall–Kier alpha value is -1.36. The van der Waals surface area contributed by atoms with Gasteiger partial charge in [0.25, 0.3) is 0 Å². The highest BCUT2D eigenvalue weighted by Gasteiger charge is 2.40. The number of thioether (sulfide) groups is 1. The fraction of sp³-hybridized carbons (Fsp3) is 0.500. The molecule has 2 atom stereocenters. The summed E-state index contributed by atoms with van der Waals surface area (Å²) in [4.78, 5) is 14.4. The van der Waals surface area contributed by atoms with E-state index in [0.29, 0.717) is 17.7 Å². The van der Waals surface area contributed by atoms with Crippen molar-refractivity contribution >= 4 is 17.7 Å². The van der Waals surface area contributed by atoms with E-state index < -0.39 is 0 Å². The van der Waals surface area contributed by atoms with E-state index >= 15 is 0 Å². The van der Waals surface area contributed by atoms with Gasteiger partial charge in [-0.25, -0.2) is 0 Å². The maximum Gasteiger partial charge on any atom is 0.231 e. The average Bonchev–Trinajstić information content (AvgIpc) is 3.13. The standard InChI is InChI=1S/C14H15NO3S/c16-14(15-6-11-5-10(15)7-19-11)4-9-1-2-12-13(3-9)18-8-17-12/h1-3,10-11H,4-8H2/t10-,11+/m0/s1. The topological polar surface area (TPSA) is 38.8 Å². The molecule has 0 N–H and O–H groups in total. The van der Waals surface area contributed by atoms with Crippen molar-refractivity contribution in [2.75, 3.05) is 19.1 Å². The molecule has 1 aromatic carbocycles. The minimum atomic E-state index is 0.242. The molecule has 2 fully saturated rings. The Morgan fingerprint density at radius 2 is 2.26 bits per heavy atom. The molecule has 0 radical (unpaired) electrons. The van der Waals surface area contributed by atoms with Gasteiger partial charge in [-0.1, -0.05) is 6.07 Å². The summed E-state index contributed by atoms with van der Waals surface area (Å²) in [7, 11) is 0. The maximum atomic E-state index is 12.3. The Balaban J connectivity index is 1.48. The van der Waals surface area contributed by atoms with Crippen LogP contribution in [-0.4, -0.2) is 41.2 Å². The van der Waals surface area contributed by atoms with Crippen LogP contribution in [0.2, 0.25) is 0 Å². The summed E-state index contributed by atoms with van der Waals surface area (Å²) < 4.78 is 10.6. The number of carbonyl (C=O) groups excluding carboxylic acids is 1. The monoisotopic (exact) mass is 277 g/mol. The van der Waals surface area contributed by atoms with Crippen LogP contribution < -0.4 is 9.47 Å². The van der Waals surface area contributed by atoms with E-state index in [4.69, 9.17) is 9.47 Å². The van der Waals surface area contributed by atoms with Gasteiger partial charge >= 0.3 is 0 Å². The van der Waals surface area contributed by atoms with Gasteiger partial charge in [0.15, 0.2) is 11.5 Å². The molecular weight excluding hydrogens is 262 g/mol. The summed E-state index contributed by atoms with van der Waals surface area (Å²) in [5.74, 6) is 2.88. The van der Waals surface area contributed by atoms with Crippen molar-refractivity contribution < 1.29 is 14.3 Å². The van der Waals surface area contributed by atoms with E-state index in [0.717, 1.165) is 29.4 Å². The van der Waals surface area contributed by atoms with Crippen LogP contribution in [-0.2, 0) is 11.2 Å². The van der Waals surface area contributed by atoms with Crippen molar-refractivity contribution in [1.29, 1.82) is 0 Å². The number of amides is 1. The van der Waals surface area contributed by atoms with E-state index in [1.54, 1.807) is 0 Å². The molecule has 3 heterocycles. The fourth-order valence-corrected chi connectivity index (χ4v) is 4.47. The quantitative estimate of drug-likeness (QED) is 0.824. The van der Waals surface area contributed by atoms with Crippen LogP contribution in [0.25, 0.3) is 0 Å². The first-order valence-electron chi connectivity index (χ1n) is 6.59. The second kappa shape index (κ2) is 4.34. The predicted octanol–water partition coefficient (Wildman–Crippen LogP) is 1.67. The zero-order valence-electron chi connectivity index (χ0n) is 10.5. The van der Waals surface area contributed by atoms with Gasteiger partial charge in [-0.05, 0) is 24.1 Å². The normalized spacial score (nSPS) is 27.1. The molecule has 2 saturated heterocycles. The lowest BCUT2D eigenvalue weighted by Crippen LogP contribution is -2.40. The van der Waals surface area contributed by atoms with Gasteiger partial charge in [-0.2, -0.15) is 11.8 Å². The third kappa shape index (κ3) is 1.96. The molecule has 4 rings (SSSR count). The zero-order valence-corrected chi connectivity index (χ0v) is 11.3. The number of carbonyl (C=O) groups is 1. The summed E-state index contributed by atoms with van der Waals surface area (Å²) in [5, 5.41) is 0.672. The first-order chi connectivity index (χ1) is 9.29. The molecular formula is C14H15NO3S. The molecule has 0 unspecified atom stereocenters. The highest BCUT2D eigenvalue weighted by molar-refractivity contribution is 8.00. The number of rotatable bonds is 2. The second-order valence-electron chi connectivity index (χ2n) is 5.26. The minimum Gasteiger partial charge on any atom is -0.454 e. The Labute approximate surface area is 116 Å². The van der Waals surface area contributed by atoms with Gasteiger partial charge in [-0.3, -0.25) is 4.79 Å². The smallest absolute Gasteiger partial charge is 0.231 e. The highest BCUT2D eigenvalue weighted by Crippen LogP contribution is 2.38. The van der Waals surface area contributed by atoms with Crippen LogP contribution in [0.5, 0.6) is 11.5 Å². The van der Waals surface area contributed by atoms with E-state index in [1.165, 1.54) is 6.42 Å². The number of hydrogen-bond acceptors (Lipinski definition) is 4. The lowest BCUT2D eigenvalue weighted by Gasteiger charge is -2.26. The number of ether oxygens (including phenoxy) is 2. The Kier molecular flexibility index (Phi) is 2.62. The number of fused-ring (bicyclic) bond motifs is 3. The number of benzene rings is 1. The number of likely N-dealkylation sites (tertiary alicyclic amines) is 1. The Morgan fingerprint density at radius 1 is 1.37 bits per heavy atom. The molecule has 100 valence electrons. The van der Waals surface area contributed by atoms with Crippen LogP contribution >= 0.6 is 11.8 Å². The zero-order chi connectivity index (χ0) is 12.8. The molecule has 1 aromatic rings. The van der Waals surface area contributed by atoms with Gasteiger partial charge in [0.2, 0.25) is 12.7 Å². The fourth-order valence-electron chi connectivity index (χ4n) is 3.03. The van der Waals surface area contributed by atoms with Crippen LogP contribution in [0.3, 0.4) is 0 Å². The predicted molar refractivity (Wildman–Crippen MR) is 72.6 cm³/mol. The van der Waals surface area contributed by atoms with Crippen molar-refractivity contribution in [2.45, 2.75) is 24.1 Å². The molecule has 3 aliphatic heterocycles. The molecule has 4 nitrogen and oxygen atoms in total. The van der Waals surface area contributed by atoms with Gasteiger partial charge in [0, 0.05) is 23.6 Å². The Morgan fingerprint density at radius 3 is 3.05 bits per heavy atom. The highest BCUT2D eigenvalue weighted by atomic mass is 32.2. The SMILES string of the molecule is O=C(Cc1ccc2c(c1)OCO2)N1C[C@H]2C[C@H]1CS2. The van der Waals surface area contributed by atoms with E-state index in [1.807, 2.05) is 30.0 Å². The van der Waals surface area contributed by atoms with Crippen molar-refractivity contribution in [2.24, 2.45) is 0 Å². The van der Waals surface area contributed by atoms with Crippen LogP contribution in [0.15, 0.2) is 18.2 Å². The number of hydrogen-bond donors (Lipinski definition) is 0. The van der Waals surface area contributed by atoms with Gasteiger partial charge in [-0.15, -0.1) is 0 Å². The van der Waals surface area contributed by atoms with E-state index in [2.05, 4.69) is 4.90 Å². The summed E-state index contributed by atoms with van der Waals surface area (Å²) in [5.41, 5.74) is 1.00. The molecule has 19 heavy (non-hydrogen) atoms. The molecule has 5 heteroatoms. The van der Waals surface area contributed by atoms with Crippen LogP contribution in [0.1, 0.15) is 12.0 Å². The lowest BCUT2D eigenvalue weighted by atomic mass is 10.1. The first kappa shape index (κ1) is 11.5. The second-order valence-corrected chi connectivity index (χ2v) is 6.59. The molecule has 3 aliphatic rings. The summed E-state index contributed by atoms with van der Waals surface area (Å²) in [6.45, 7) is 1.21. The van der Waals surface area contributed by atoms with Crippen LogP contribution in [0.4, 0.5) is 0 Å².